The van der Waals surface area contributed by atoms with Gasteiger partial charge in [0.15, 0.2) is 0 Å². The number of hydrogen-bond donors (Lipinski definition) is 1. The number of benzene rings is 2. The molecular weight excluding hydrogens is 372 g/mol. The van der Waals surface area contributed by atoms with Crippen molar-refractivity contribution in [1.82, 2.24) is 9.55 Å². The van der Waals surface area contributed by atoms with Crippen LogP contribution in [0.15, 0.2) is 48.5 Å². The number of hydrogen-bond acceptors (Lipinski definition) is 3. The molecule has 1 N–H and O–H groups in total. The molecule has 0 bridgehead atoms. The molecule has 0 aliphatic heterocycles. The number of fused-ring (bicyclic) bond motifs is 1. The second-order valence-electron chi connectivity index (χ2n) is 7.71. The number of nitrogens with zero attached hydrogens (tertiary/aromatic N) is 2. The average molecular weight is 401 g/mol. The van der Waals surface area contributed by atoms with E-state index in [2.05, 4.69) is 47.9 Å². The number of ether oxygens (including phenoxy) is 1. The van der Waals surface area contributed by atoms with Gasteiger partial charge in [-0.25, -0.2) is 4.98 Å². The van der Waals surface area contributed by atoms with Gasteiger partial charge in [0, 0.05) is 5.92 Å². The first-order valence-corrected chi connectivity index (χ1v) is 9.97. The summed E-state index contributed by atoms with van der Waals surface area (Å²) in [6.45, 7) is 3.45. The summed E-state index contributed by atoms with van der Waals surface area (Å²) in [7, 11) is 0. The number of aryl methyl sites for hydroxylation is 1. The van der Waals surface area contributed by atoms with Gasteiger partial charge in [0.05, 0.1) is 36.9 Å². The highest BCUT2D eigenvalue weighted by atomic mass is 35.5. The Morgan fingerprint density at radius 1 is 1.11 bits per heavy atom. The van der Waals surface area contributed by atoms with Crippen molar-refractivity contribution in [3.63, 3.8) is 0 Å². The molecule has 1 aliphatic carbocycles. The SMILES string of the molecule is Cc1ccc(COCC(O)Cn2c(C3CCCC3)nc3ccccc32)cc1.Cl. The van der Waals surface area contributed by atoms with Crippen LogP contribution in [0.4, 0.5) is 0 Å². The second-order valence-corrected chi connectivity index (χ2v) is 7.71. The van der Waals surface area contributed by atoms with E-state index >= 15 is 0 Å². The predicted molar refractivity (Wildman–Crippen MR) is 115 cm³/mol. The predicted octanol–water partition coefficient (Wildman–Crippen LogP) is 5.00. The molecule has 4 rings (SSSR count). The fourth-order valence-electron chi connectivity index (χ4n) is 4.04. The van der Waals surface area contributed by atoms with Crippen LogP contribution in [0.1, 0.15) is 48.6 Å². The zero-order valence-electron chi connectivity index (χ0n) is 16.4. The number of aromatic nitrogens is 2. The summed E-state index contributed by atoms with van der Waals surface area (Å²) in [5, 5.41) is 10.6. The van der Waals surface area contributed by atoms with Crippen molar-refractivity contribution in [1.29, 1.82) is 0 Å². The highest BCUT2D eigenvalue weighted by molar-refractivity contribution is 5.85. The summed E-state index contributed by atoms with van der Waals surface area (Å²) in [4.78, 5) is 4.89. The van der Waals surface area contributed by atoms with Crippen molar-refractivity contribution in [2.45, 2.75) is 57.8 Å². The lowest BCUT2D eigenvalue weighted by atomic mass is 10.1. The number of aliphatic hydroxyl groups is 1. The van der Waals surface area contributed by atoms with Gasteiger partial charge in [0.25, 0.3) is 0 Å². The standard InChI is InChI=1S/C23H28N2O2.ClH/c1-17-10-12-18(13-11-17)15-27-16-20(26)14-25-22-9-5-4-8-21(22)24-23(25)19-6-2-3-7-19;/h4-5,8-13,19-20,26H,2-3,6-7,14-16H2,1H3;1H. The Hall–Kier alpha value is -1.88. The zero-order valence-corrected chi connectivity index (χ0v) is 17.2. The Morgan fingerprint density at radius 3 is 2.57 bits per heavy atom. The van der Waals surface area contributed by atoms with Crippen molar-refractivity contribution < 1.29 is 9.84 Å². The van der Waals surface area contributed by atoms with Crippen LogP contribution in [0.2, 0.25) is 0 Å². The van der Waals surface area contributed by atoms with Crippen molar-refractivity contribution in [2.75, 3.05) is 6.61 Å². The molecule has 1 aromatic heterocycles. The topological polar surface area (TPSA) is 47.3 Å². The molecule has 1 heterocycles. The maximum atomic E-state index is 10.6. The molecule has 1 aliphatic rings. The molecule has 0 radical (unpaired) electrons. The van der Waals surface area contributed by atoms with E-state index in [9.17, 15) is 5.11 Å². The van der Waals surface area contributed by atoms with Gasteiger partial charge < -0.3 is 14.4 Å². The van der Waals surface area contributed by atoms with Crippen molar-refractivity contribution >= 4 is 23.4 Å². The first-order valence-electron chi connectivity index (χ1n) is 9.97. The van der Waals surface area contributed by atoms with E-state index < -0.39 is 6.10 Å². The summed E-state index contributed by atoms with van der Waals surface area (Å²) in [6.07, 6.45) is 4.40. The van der Waals surface area contributed by atoms with Crippen LogP contribution >= 0.6 is 12.4 Å². The average Bonchev–Trinajstić information content (AvgIpc) is 3.32. The molecule has 28 heavy (non-hydrogen) atoms. The molecule has 0 amide bonds. The molecule has 0 spiro atoms. The summed E-state index contributed by atoms with van der Waals surface area (Å²) < 4.78 is 7.98. The van der Waals surface area contributed by atoms with Crippen LogP contribution in [0.3, 0.4) is 0 Å². The molecule has 150 valence electrons. The Bertz CT molecular complexity index is 885. The molecule has 1 fully saturated rings. The van der Waals surface area contributed by atoms with Gasteiger partial charge in [-0.05, 0) is 37.5 Å². The van der Waals surface area contributed by atoms with Crippen LogP contribution in [0, 0.1) is 6.92 Å². The van der Waals surface area contributed by atoms with Gasteiger partial charge in [-0.2, -0.15) is 0 Å². The Balaban J connectivity index is 0.00000225. The summed E-state index contributed by atoms with van der Waals surface area (Å²) in [5.74, 6) is 1.64. The van der Waals surface area contributed by atoms with Gasteiger partial charge in [0.1, 0.15) is 5.82 Å². The second kappa shape index (κ2) is 9.55. The molecule has 2 aromatic carbocycles. The first-order chi connectivity index (χ1) is 13.2. The number of aliphatic hydroxyl groups excluding tert-OH is 1. The van der Waals surface area contributed by atoms with Crippen LogP contribution in [-0.2, 0) is 17.9 Å². The largest absolute Gasteiger partial charge is 0.389 e. The molecular formula is C23H29ClN2O2. The van der Waals surface area contributed by atoms with Gasteiger partial charge in [-0.15, -0.1) is 12.4 Å². The zero-order chi connectivity index (χ0) is 18.6. The van der Waals surface area contributed by atoms with Crippen LogP contribution in [-0.4, -0.2) is 27.4 Å². The minimum Gasteiger partial charge on any atom is -0.389 e. The maximum absolute atomic E-state index is 10.6. The smallest absolute Gasteiger partial charge is 0.113 e. The molecule has 1 atom stereocenters. The molecule has 1 unspecified atom stereocenters. The van der Waals surface area contributed by atoms with Crippen LogP contribution in [0.5, 0.6) is 0 Å². The number of rotatable bonds is 7. The summed E-state index contributed by atoms with van der Waals surface area (Å²) >= 11 is 0. The fraction of sp³-hybridized carbons (Fsp3) is 0.435. The third-order valence-corrected chi connectivity index (χ3v) is 5.50. The van der Waals surface area contributed by atoms with E-state index in [-0.39, 0.29) is 12.4 Å². The molecule has 0 saturated heterocycles. The van der Waals surface area contributed by atoms with Crippen LogP contribution < -0.4 is 0 Å². The van der Waals surface area contributed by atoms with Gasteiger partial charge in [-0.1, -0.05) is 54.8 Å². The highest BCUT2D eigenvalue weighted by Gasteiger charge is 2.24. The highest BCUT2D eigenvalue weighted by Crippen LogP contribution is 2.35. The van der Waals surface area contributed by atoms with E-state index in [0.29, 0.717) is 25.7 Å². The van der Waals surface area contributed by atoms with E-state index in [4.69, 9.17) is 9.72 Å². The Labute approximate surface area is 173 Å². The van der Waals surface area contributed by atoms with Crippen molar-refractivity contribution in [2.24, 2.45) is 0 Å². The van der Waals surface area contributed by atoms with Gasteiger partial charge in [0.2, 0.25) is 0 Å². The Morgan fingerprint density at radius 2 is 1.82 bits per heavy atom. The van der Waals surface area contributed by atoms with Gasteiger partial charge in [-0.3, -0.25) is 0 Å². The van der Waals surface area contributed by atoms with Crippen molar-refractivity contribution in [3.05, 3.63) is 65.5 Å². The van der Waals surface area contributed by atoms with E-state index in [0.717, 1.165) is 22.4 Å². The molecule has 4 nitrogen and oxygen atoms in total. The third-order valence-electron chi connectivity index (χ3n) is 5.50. The third kappa shape index (κ3) is 4.75. The van der Waals surface area contributed by atoms with Crippen LogP contribution in [0.25, 0.3) is 11.0 Å². The minimum atomic E-state index is -0.548. The lowest BCUT2D eigenvalue weighted by Gasteiger charge is -2.17. The Kier molecular flexibility index (Phi) is 7.11. The quantitative estimate of drug-likeness (QED) is 0.606. The minimum absolute atomic E-state index is 0. The van der Waals surface area contributed by atoms with Crippen molar-refractivity contribution in [3.8, 4) is 0 Å². The van der Waals surface area contributed by atoms with E-state index in [1.54, 1.807) is 0 Å². The lowest BCUT2D eigenvalue weighted by Crippen LogP contribution is -2.23. The van der Waals surface area contributed by atoms with Gasteiger partial charge >= 0.3 is 0 Å². The molecule has 3 aromatic rings. The van der Waals surface area contributed by atoms with E-state index in [1.165, 1.54) is 31.2 Å². The maximum Gasteiger partial charge on any atom is 0.113 e. The summed E-state index contributed by atoms with van der Waals surface area (Å²) in [5.41, 5.74) is 4.50. The summed E-state index contributed by atoms with van der Waals surface area (Å²) in [6, 6.07) is 16.5. The number of para-hydroxylation sites is 2. The first kappa shape index (κ1) is 20.8. The van der Waals surface area contributed by atoms with E-state index in [1.807, 2.05) is 12.1 Å². The lowest BCUT2D eigenvalue weighted by molar-refractivity contribution is 0.0204. The number of imidazole rings is 1. The number of halogens is 1. The normalized spacial score (nSPS) is 15.6. The molecule has 5 heteroatoms. The fourth-order valence-corrected chi connectivity index (χ4v) is 4.04. The molecule has 1 saturated carbocycles. The monoisotopic (exact) mass is 400 g/mol.